The number of aromatic nitrogens is 1. The van der Waals surface area contributed by atoms with E-state index < -0.39 is 12.1 Å². The van der Waals surface area contributed by atoms with E-state index in [-0.39, 0.29) is 12.5 Å². The summed E-state index contributed by atoms with van der Waals surface area (Å²) in [4.78, 5) is 31.8. The quantitative estimate of drug-likeness (QED) is 0.357. The van der Waals surface area contributed by atoms with Crippen molar-refractivity contribution < 1.29 is 29.3 Å². The van der Waals surface area contributed by atoms with Crippen molar-refractivity contribution in [3.05, 3.63) is 65.2 Å². The lowest BCUT2D eigenvalue weighted by Crippen LogP contribution is -2.47. The Kier molecular flexibility index (Phi) is 8.06. The van der Waals surface area contributed by atoms with Gasteiger partial charge in [0.2, 0.25) is 5.88 Å². The number of β-amino-alcohol motifs (C(OH)–C–C–N with tert-alkyl or cyclic N) is 1. The van der Waals surface area contributed by atoms with E-state index in [9.17, 15) is 14.7 Å². The topological polar surface area (TPSA) is 124 Å². The van der Waals surface area contributed by atoms with Gasteiger partial charge in [-0.05, 0) is 41.8 Å². The number of nitrogens with one attached hydrogen (secondary N) is 1. The third kappa shape index (κ3) is 6.36. The molecule has 39 heavy (non-hydrogen) atoms. The molecule has 0 bridgehead atoms. The Balaban J connectivity index is 1.19. The average molecular weight is 533 g/mol. The minimum atomic E-state index is -1.03. The summed E-state index contributed by atoms with van der Waals surface area (Å²) in [5.41, 5.74) is 3.87. The number of carboxylic acids is 1. The number of pyridine rings is 1. The smallest absolute Gasteiger partial charge is 0.328 e. The van der Waals surface area contributed by atoms with E-state index in [4.69, 9.17) is 14.6 Å². The standard InChI is InChI=1S/C29H32N4O6/c1-38-27-8-6-21-20(4-9-28(36)37)3-5-22(29(21)31-27)24(34)17-33-14-12-32(13-15-33)11-10-19-2-7-25-23(16-19)30-26(35)18-39-25/h2-9,16,24,34H,10-15,17-18H2,1H3,(H,30,35)(H,36,37)/b9-4+. The molecule has 0 aliphatic carbocycles. The predicted molar refractivity (Wildman–Crippen MR) is 147 cm³/mol. The van der Waals surface area contributed by atoms with E-state index >= 15 is 0 Å². The van der Waals surface area contributed by atoms with Crippen LogP contribution in [-0.4, -0.2) is 89.9 Å². The molecule has 1 fully saturated rings. The third-order valence-electron chi connectivity index (χ3n) is 7.16. The summed E-state index contributed by atoms with van der Waals surface area (Å²) in [5, 5.41) is 23.8. The van der Waals surface area contributed by atoms with Crippen molar-refractivity contribution in [1.29, 1.82) is 0 Å². The molecule has 10 nitrogen and oxygen atoms in total. The molecule has 3 aromatic rings. The number of benzene rings is 2. The van der Waals surface area contributed by atoms with Crippen LogP contribution in [0.1, 0.15) is 22.8 Å². The van der Waals surface area contributed by atoms with Gasteiger partial charge in [0.05, 0.1) is 24.4 Å². The number of carboxylic acid groups (broad SMARTS) is 1. The van der Waals surface area contributed by atoms with Gasteiger partial charge in [0.15, 0.2) is 6.61 Å². The zero-order valence-corrected chi connectivity index (χ0v) is 21.8. The van der Waals surface area contributed by atoms with Crippen molar-refractivity contribution >= 4 is 34.5 Å². The molecule has 0 radical (unpaired) electrons. The summed E-state index contributed by atoms with van der Waals surface area (Å²) in [6.07, 6.45) is 2.73. The van der Waals surface area contributed by atoms with Gasteiger partial charge < -0.3 is 29.9 Å². The molecule has 3 heterocycles. The van der Waals surface area contributed by atoms with Crippen molar-refractivity contribution in [1.82, 2.24) is 14.8 Å². The van der Waals surface area contributed by atoms with Gasteiger partial charge in [-0.25, -0.2) is 9.78 Å². The number of amides is 1. The molecule has 2 aromatic carbocycles. The van der Waals surface area contributed by atoms with Gasteiger partial charge in [-0.15, -0.1) is 0 Å². The highest BCUT2D eigenvalue weighted by Crippen LogP contribution is 2.30. The van der Waals surface area contributed by atoms with Crippen molar-refractivity contribution in [3.63, 3.8) is 0 Å². The number of ether oxygens (including phenoxy) is 2. The number of rotatable bonds is 9. The van der Waals surface area contributed by atoms with E-state index in [1.165, 1.54) is 13.2 Å². The molecule has 1 unspecified atom stereocenters. The van der Waals surface area contributed by atoms with E-state index in [0.29, 0.717) is 34.8 Å². The molecule has 3 N–H and O–H groups in total. The number of aliphatic hydroxyl groups excluding tert-OH is 1. The van der Waals surface area contributed by atoms with E-state index in [1.807, 2.05) is 36.4 Å². The maximum atomic E-state index is 11.6. The number of aliphatic hydroxyl groups is 1. The fourth-order valence-corrected chi connectivity index (χ4v) is 5.04. The number of fused-ring (bicyclic) bond motifs is 2. The van der Waals surface area contributed by atoms with Gasteiger partial charge in [-0.3, -0.25) is 9.69 Å². The Morgan fingerprint density at radius 1 is 1.15 bits per heavy atom. The molecular formula is C29H32N4O6. The Labute approximate surface area is 226 Å². The van der Waals surface area contributed by atoms with Crippen molar-refractivity contribution in [2.24, 2.45) is 0 Å². The first-order valence-corrected chi connectivity index (χ1v) is 13.0. The van der Waals surface area contributed by atoms with Crippen LogP contribution in [0.5, 0.6) is 11.6 Å². The maximum Gasteiger partial charge on any atom is 0.328 e. The van der Waals surface area contributed by atoms with Crippen LogP contribution >= 0.6 is 0 Å². The molecular weight excluding hydrogens is 500 g/mol. The Hall–Kier alpha value is -3.99. The van der Waals surface area contributed by atoms with Gasteiger partial charge in [0, 0.05) is 62.4 Å². The second-order valence-electron chi connectivity index (χ2n) is 9.74. The molecule has 0 spiro atoms. The molecule has 1 amide bonds. The van der Waals surface area contributed by atoms with E-state index in [0.717, 1.165) is 61.9 Å². The molecule has 2 aliphatic heterocycles. The van der Waals surface area contributed by atoms with Gasteiger partial charge in [0.1, 0.15) is 5.75 Å². The SMILES string of the molecule is COc1ccc2c(/C=C/C(=O)O)ccc(C(O)CN3CCN(CCc4ccc5c(c4)NC(=O)CO5)CC3)c2n1. The van der Waals surface area contributed by atoms with Crippen LogP contribution in [0.2, 0.25) is 0 Å². The molecule has 0 saturated carbocycles. The molecule has 1 saturated heterocycles. The van der Waals surface area contributed by atoms with Crippen LogP contribution in [-0.2, 0) is 16.0 Å². The largest absolute Gasteiger partial charge is 0.482 e. The van der Waals surface area contributed by atoms with Crippen LogP contribution in [0.4, 0.5) is 5.69 Å². The molecule has 5 rings (SSSR count). The Bertz CT molecular complexity index is 1400. The highest BCUT2D eigenvalue weighted by Gasteiger charge is 2.22. The lowest BCUT2D eigenvalue weighted by Gasteiger charge is -2.35. The summed E-state index contributed by atoms with van der Waals surface area (Å²) in [6.45, 7) is 4.88. The first-order valence-electron chi connectivity index (χ1n) is 13.0. The Morgan fingerprint density at radius 3 is 2.72 bits per heavy atom. The number of nitrogens with zero attached hydrogens (tertiary/aromatic N) is 3. The highest BCUT2D eigenvalue weighted by molar-refractivity contribution is 5.95. The Morgan fingerprint density at radius 2 is 1.95 bits per heavy atom. The molecule has 1 aromatic heterocycles. The summed E-state index contributed by atoms with van der Waals surface area (Å²) in [7, 11) is 1.54. The predicted octanol–water partition coefficient (Wildman–Crippen LogP) is 2.57. The van der Waals surface area contributed by atoms with Crippen LogP contribution in [0, 0.1) is 0 Å². The number of piperazine rings is 1. The van der Waals surface area contributed by atoms with Gasteiger partial charge in [-0.1, -0.05) is 18.2 Å². The lowest BCUT2D eigenvalue weighted by molar-refractivity contribution is -0.131. The minimum absolute atomic E-state index is 0.0572. The molecule has 10 heteroatoms. The zero-order chi connectivity index (χ0) is 27.4. The van der Waals surface area contributed by atoms with Gasteiger partial charge in [0.25, 0.3) is 5.91 Å². The van der Waals surface area contributed by atoms with Crippen molar-refractivity contribution in [2.75, 3.05) is 58.3 Å². The van der Waals surface area contributed by atoms with Crippen LogP contribution in [0.3, 0.4) is 0 Å². The minimum Gasteiger partial charge on any atom is -0.482 e. The van der Waals surface area contributed by atoms with Gasteiger partial charge >= 0.3 is 5.97 Å². The van der Waals surface area contributed by atoms with Crippen LogP contribution < -0.4 is 14.8 Å². The van der Waals surface area contributed by atoms with E-state index in [1.54, 1.807) is 6.07 Å². The van der Waals surface area contributed by atoms with Crippen LogP contribution in [0.15, 0.2) is 48.5 Å². The first kappa shape index (κ1) is 26.6. The zero-order valence-electron chi connectivity index (χ0n) is 21.8. The second kappa shape index (κ2) is 11.8. The summed E-state index contributed by atoms with van der Waals surface area (Å²) >= 11 is 0. The summed E-state index contributed by atoms with van der Waals surface area (Å²) in [6, 6.07) is 13.1. The highest BCUT2D eigenvalue weighted by atomic mass is 16.5. The lowest BCUT2D eigenvalue weighted by atomic mass is 9.99. The molecule has 204 valence electrons. The fourth-order valence-electron chi connectivity index (χ4n) is 5.04. The molecule has 2 aliphatic rings. The number of carbonyl (C=O) groups excluding carboxylic acids is 1. The number of carbonyl (C=O) groups is 2. The second-order valence-corrected chi connectivity index (χ2v) is 9.74. The fraction of sp³-hybridized carbons (Fsp3) is 0.345. The average Bonchev–Trinajstić information content (AvgIpc) is 2.94. The number of anilines is 1. The molecule has 1 atom stereocenters. The monoisotopic (exact) mass is 532 g/mol. The number of hydrogen-bond donors (Lipinski definition) is 3. The van der Waals surface area contributed by atoms with Gasteiger partial charge in [-0.2, -0.15) is 0 Å². The number of hydrogen-bond acceptors (Lipinski definition) is 8. The maximum absolute atomic E-state index is 11.6. The first-order chi connectivity index (χ1) is 18.9. The van der Waals surface area contributed by atoms with Crippen molar-refractivity contribution in [2.45, 2.75) is 12.5 Å². The number of methoxy groups -OCH3 is 1. The summed E-state index contributed by atoms with van der Waals surface area (Å²) < 4.78 is 10.7. The third-order valence-corrected chi connectivity index (χ3v) is 7.16. The van der Waals surface area contributed by atoms with Crippen molar-refractivity contribution in [3.8, 4) is 11.6 Å². The van der Waals surface area contributed by atoms with Crippen LogP contribution in [0.25, 0.3) is 17.0 Å². The summed E-state index contributed by atoms with van der Waals surface area (Å²) in [5.74, 6) is -0.0263. The van der Waals surface area contributed by atoms with E-state index in [2.05, 4.69) is 20.1 Å². The normalized spacial score (nSPS) is 17.0. The number of aliphatic carboxylic acids is 1.